The lowest BCUT2D eigenvalue weighted by Crippen LogP contribution is -2.05. The van der Waals surface area contributed by atoms with Crippen LogP contribution < -0.4 is 10.5 Å². The highest BCUT2D eigenvalue weighted by Crippen LogP contribution is 2.25. The van der Waals surface area contributed by atoms with Crippen LogP contribution in [-0.2, 0) is 6.42 Å². The van der Waals surface area contributed by atoms with E-state index in [0.29, 0.717) is 0 Å². The van der Waals surface area contributed by atoms with Crippen molar-refractivity contribution < 1.29 is 4.74 Å². The standard InChI is InChI=1S/C19H20N2OS/c1-13(2)22-17-9-5-15(6-10-17)18-12-23-19(21-18)11-14-3-7-16(20)8-4-14/h3-10,12-13H,11,20H2,1-2H3. The zero-order valence-electron chi connectivity index (χ0n) is 13.3. The Labute approximate surface area is 140 Å². The summed E-state index contributed by atoms with van der Waals surface area (Å²) in [6.45, 7) is 4.05. The van der Waals surface area contributed by atoms with Crippen molar-refractivity contribution in [3.63, 3.8) is 0 Å². The maximum atomic E-state index is 5.72. The minimum atomic E-state index is 0.187. The number of rotatable bonds is 5. The third kappa shape index (κ3) is 4.11. The molecule has 23 heavy (non-hydrogen) atoms. The number of nitrogens with two attached hydrogens (primary N) is 1. The van der Waals surface area contributed by atoms with Crippen LogP contribution in [0.1, 0.15) is 24.4 Å². The molecule has 0 atom stereocenters. The van der Waals surface area contributed by atoms with Crippen LogP contribution in [0.15, 0.2) is 53.9 Å². The number of benzene rings is 2. The van der Waals surface area contributed by atoms with Crippen LogP contribution in [0.2, 0.25) is 0 Å². The second kappa shape index (κ2) is 6.84. The van der Waals surface area contributed by atoms with Crippen molar-refractivity contribution in [1.29, 1.82) is 0 Å². The number of aromatic nitrogens is 1. The van der Waals surface area contributed by atoms with E-state index < -0.39 is 0 Å². The first-order chi connectivity index (χ1) is 11.1. The monoisotopic (exact) mass is 324 g/mol. The minimum absolute atomic E-state index is 0.187. The quantitative estimate of drug-likeness (QED) is 0.688. The predicted octanol–water partition coefficient (Wildman–Crippen LogP) is 4.77. The molecule has 2 N–H and O–H groups in total. The zero-order valence-corrected chi connectivity index (χ0v) is 14.1. The molecular formula is C19H20N2OS. The summed E-state index contributed by atoms with van der Waals surface area (Å²) in [6, 6.07) is 16.1. The van der Waals surface area contributed by atoms with Gasteiger partial charge in [0, 0.05) is 23.1 Å². The Balaban J connectivity index is 1.72. The second-order valence-corrected chi connectivity index (χ2v) is 6.68. The molecule has 0 saturated carbocycles. The second-order valence-electron chi connectivity index (χ2n) is 5.74. The molecule has 0 unspecified atom stereocenters. The van der Waals surface area contributed by atoms with Crippen molar-refractivity contribution in [2.45, 2.75) is 26.4 Å². The lowest BCUT2D eigenvalue weighted by Gasteiger charge is -2.09. The normalized spacial score (nSPS) is 10.9. The molecule has 3 aromatic rings. The van der Waals surface area contributed by atoms with Gasteiger partial charge in [-0.05, 0) is 55.8 Å². The highest BCUT2D eigenvalue weighted by molar-refractivity contribution is 7.10. The molecule has 3 rings (SSSR count). The Bertz CT molecular complexity index is 761. The molecule has 1 heterocycles. The first-order valence-electron chi connectivity index (χ1n) is 7.66. The molecule has 0 aliphatic carbocycles. The molecule has 0 saturated heterocycles. The van der Waals surface area contributed by atoms with Crippen LogP contribution in [-0.4, -0.2) is 11.1 Å². The first-order valence-corrected chi connectivity index (χ1v) is 8.54. The fourth-order valence-corrected chi connectivity index (χ4v) is 3.15. The van der Waals surface area contributed by atoms with Crippen molar-refractivity contribution in [1.82, 2.24) is 4.98 Å². The topological polar surface area (TPSA) is 48.1 Å². The van der Waals surface area contributed by atoms with Crippen LogP contribution in [0, 0.1) is 0 Å². The molecule has 118 valence electrons. The summed E-state index contributed by atoms with van der Waals surface area (Å²) in [4.78, 5) is 4.74. The summed E-state index contributed by atoms with van der Waals surface area (Å²) in [7, 11) is 0. The highest BCUT2D eigenvalue weighted by Gasteiger charge is 2.06. The van der Waals surface area contributed by atoms with Crippen molar-refractivity contribution >= 4 is 17.0 Å². The Morgan fingerprint density at radius 2 is 1.74 bits per heavy atom. The lowest BCUT2D eigenvalue weighted by atomic mass is 10.1. The fraction of sp³-hybridized carbons (Fsp3) is 0.211. The number of ether oxygens (including phenoxy) is 1. The largest absolute Gasteiger partial charge is 0.491 e. The van der Waals surface area contributed by atoms with Gasteiger partial charge in [0.1, 0.15) is 5.75 Å². The Kier molecular flexibility index (Phi) is 4.63. The van der Waals surface area contributed by atoms with Crippen LogP contribution >= 0.6 is 11.3 Å². The van der Waals surface area contributed by atoms with E-state index in [0.717, 1.165) is 34.1 Å². The van der Waals surface area contributed by atoms with E-state index in [9.17, 15) is 0 Å². The molecule has 0 fully saturated rings. The fourth-order valence-electron chi connectivity index (χ4n) is 2.31. The molecular weight excluding hydrogens is 304 g/mol. The molecule has 0 aliphatic rings. The molecule has 2 aromatic carbocycles. The SMILES string of the molecule is CC(C)Oc1ccc(-c2csc(Cc3ccc(N)cc3)n2)cc1. The smallest absolute Gasteiger partial charge is 0.119 e. The van der Waals surface area contributed by atoms with E-state index in [1.165, 1.54) is 5.56 Å². The number of nitrogens with zero attached hydrogens (tertiary/aromatic N) is 1. The van der Waals surface area contributed by atoms with E-state index in [1.807, 2.05) is 38.1 Å². The molecule has 1 aromatic heterocycles. The van der Waals surface area contributed by atoms with Crippen molar-refractivity contribution in [2.24, 2.45) is 0 Å². The summed E-state index contributed by atoms with van der Waals surface area (Å²) in [6.07, 6.45) is 1.02. The third-order valence-electron chi connectivity index (χ3n) is 3.41. The van der Waals surface area contributed by atoms with Gasteiger partial charge in [0.2, 0.25) is 0 Å². The van der Waals surface area contributed by atoms with Gasteiger partial charge in [0.25, 0.3) is 0 Å². The van der Waals surface area contributed by atoms with Gasteiger partial charge < -0.3 is 10.5 Å². The van der Waals surface area contributed by atoms with Gasteiger partial charge in [-0.2, -0.15) is 0 Å². The Hall–Kier alpha value is -2.33. The van der Waals surface area contributed by atoms with E-state index in [1.54, 1.807) is 11.3 Å². The van der Waals surface area contributed by atoms with Crippen LogP contribution in [0.5, 0.6) is 5.75 Å². The van der Waals surface area contributed by atoms with Gasteiger partial charge in [-0.3, -0.25) is 0 Å². The van der Waals surface area contributed by atoms with Crippen LogP contribution in [0.3, 0.4) is 0 Å². The van der Waals surface area contributed by atoms with Crippen LogP contribution in [0.4, 0.5) is 5.69 Å². The predicted molar refractivity (Wildman–Crippen MR) is 97.0 cm³/mol. The van der Waals surface area contributed by atoms with Gasteiger partial charge in [-0.15, -0.1) is 11.3 Å². The maximum Gasteiger partial charge on any atom is 0.119 e. The number of hydrogen-bond donors (Lipinski definition) is 1. The number of thiazole rings is 1. The molecule has 0 spiro atoms. The molecule has 3 nitrogen and oxygen atoms in total. The van der Waals surface area contributed by atoms with E-state index in [-0.39, 0.29) is 6.10 Å². The summed E-state index contributed by atoms with van der Waals surface area (Å²) >= 11 is 1.68. The maximum absolute atomic E-state index is 5.72. The Morgan fingerprint density at radius 3 is 2.39 bits per heavy atom. The van der Waals surface area contributed by atoms with Crippen molar-refractivity contribution in [2.75, 3.05) is 5.73 Å². The molecule has 0 aliphatic heterocycles. The van der Waals surface area contributed by atoms with Crippen LogP contribution in [0.25, 0.3) is 11.3 Å². The highest BCUT2D eigenvalue weighted by atomic mass is 32.1. The summed E-state index contributed by atoms with van der Waals surface area (Å²) in [5.74, 6) is 0.890. The molecule has 0 amide bonds. The van der Waals surface area contributed by atoms with E-state index in [4.69, 9.17) is 15.5 Å². The molecule has 0 bridgehead atoms. The number of hydrogen-bond acceptors (Lipinski definition) is 4. The average Bonchev–Trinajstić information content (AvgIpc) is 2.98. The zero-order chi connectivity index (χ0) is 16.2. The number of anilines is 1. The minimum Gasteiger partial charge on any atom is -0.491 e. The van der Waals surface area contributed by atoms with Gasteiger partial charge in [-0.1, -0.05) is 12.1 Å². The first kappa shape index (κ1) is 15.6. The van der Waals surface area contributed by atoms with E-state index >= 15 is 0 Å². The number of nitrogen functional groups attached to an aromatic ring is 1. The summed E-state index contributed by atoms with van der Waals surface area (Å²) in [5.41, 5.74) is 9.85. The summed E-state index contributed by atoms with van der Waals surface area (Å²) in [5, 5.41) is 3.21. The van der Waals surface area contributed by atoms with Gasteiger partial charge in [-0.25, -0.2) is 4.98 Å². The third-order valence-corrected chi connectivity index (χ3v) is 4.26. The van der Waals surface area contributed by atoms with Gasteiger partial charge >= 0.3 is 0 Å². The van der Waals surface area contributed by atoms with Crippen molar-refractivity contribution in [3.05, 3.63) is 64.5 Å². The Morgan fingerprint density at radius 1 is 1.04 bits per heavy atom. The summed E-state index contributed by atoms with van der Waals surface area (Å²) < 4.78 is 5.67. The lowest BCUT2D eigenvalue weighted by molar-refractivity contribution is 0.242. The van der Waals surface area contributed by atoms with Gasteiger partial charge in [0.15, 0.2) is 0 Å². The van der Waals surface area contributed by atoms with Crippen molar-refractivity contribution in [3.8, 4) is 17.0 Å². The average molecular weight is 324 g/mol. The van der Waals surface area contributed by atoms with E-state index in [2.05, 4.69) is 29.6 Å². The molecule has 4 heteroatoms. The van der Waals surface area contributed by atoms with Gasteiger partial charge in [0.05, 0.1) is 16.8 Å². The molecule has 0 radical (unpaired) electrons.